The first kappa shape index (κ1) is 14.0. The number of thiazole rings is 1. The summed E-state index contributed by atoms with van der Waals surface area (Å²) in [6.45, 7) is 6.54. The number of rotatable bonds is 7. The molecule has 0 spiro atoms. The van der Waals surface area contributed by atoms with Crippen molar-refractivity contribution >= 4 is 22.4 Å². The molecule has 1 aromatic heterocycles. The second kappa shape index (κ2) is 6.59. The number of hydrogen-bond acceptors (Lipinski definition) is 4. The Bertz CT molecular complexity index is 363. The number of aromatic nitrogens is 1. The van der Waals surface area contributed by atoms with Crippen molar-refractivity contribution in [2.24, 2.45) is 5.92 Å². The molecule has 0 aliphatic carbocycles. The number of nitrogens with zero attached hydrogens (tertiary/aromatic N) is 1. The zero-order valence-electron chi connectivity index (χ0n) is 10.6. The van der Waals surface area contributed by atoms with Gasteiger partial charge in [0.25, 0.3) is 0 Å². The van der Waals surface area contributed by atoms with Gasteiger partial charge in [0, 0.05) is 11.4 Å². The van der Waals surface area contributed by atoms with E-state index >= 15 is 0 Å². The van der Waals surface area contributed by atoms with Crippen LogP contribution in [0.2, 0.25) is 0 Å². The molecule has 0 bridgehead atoms. The summed E-state index contributed by atoms with van der Waals surface area (Å²) < 4.78 is 0. The maximum Gasteiger partial charge on any atom is 0.309 e. The molecule has 96 valence electrons. The topological polar surface area (TPSA) is 62.2 Å². The number of carboxylic acid groups (broad SMARTS) is 1. The number of aliphatic carboxylic acids is 1. The highest BCUT2D eigenvalue weighted by molar-refractivity contribution is 7.13. The van der Waals surface area contributed by atoms with Gasteiger partial charge in [0.1, 0.15) is 0 Å². The van der Waals surface area contributed by atoms with Gasteiger partial charge in [-0.3, -0.25) is 4.79 Å². The molecular weight excluding hydrogens is 236 g/mol. The molecule has 0 radical (unpaired) electrons. The molecule has 1 aromatic rings. The molecular formula is C12H20N2O2S. The highest BCUT2D eigenvalue weighted by atomic mass is 32.1. The Morgan fingerprint density at radius 3 is 2.76 bits per heavy atom. The zero-order chi connectivity index (χ0) is 12.8. The van der Waals surface area contributed by atoms with Crippen molar-refractivity contribution < 1.29 is 9.90 Å². The number of hydrogen-bond donors (Lipinski definition) is 2. The van der Waals surface area contributed by atoms with Crippen molar-refractivity contribution in [3.8, 4) is 0 Å². The number of carbonyl (C=O) groups is 1. The maximum atomic E-state index is 10.5. The average molecular weight is 256 g/mol. The van der Waals surface area contributed by atoms with E-state index in [1.807, 2.05) is 0 Å². The fourth-order valence-corrected chi connectivity index (χ4v) is 2.30. The van der Waals surface area contributed by atoms with E-state index in [0.717, 1.165) is 11.6 Å². The second-order valence-corrected chi connectivity index (χ2v) is 5.59. The van der Waals surface area contributed by atoms with Gasteiger partial charge in [-0.25, -0.2) is 4.98 Å². The van der Waals surface area contributed by atoms with Gasteiger partial charge in [-0.1, -0.05) is 13.8 Å². The van der Waals surface area contributed by atoms with Crippen LogP contribution in [0, 0.1) is 5.92 Å². The molecule has 2 N–H and O–H groups in total. The summed E-state index contributed by atoms with van der Waals surface area (Å²) in [5, 5.41) is 14.6. The third kappa shape index (κ3) is 5.68. The normalized spacial score (nSPS) is 12.7. The molecule has 1 atom stereocenters. The number of carboxylic acids is 1. The summed E-state index contributed by atoms with van der Waals surface area (Å²) >= 11 is 1.47. The summed E-state index contributed by atoms with van der Waals surface area (Å²) in [4.78, 5) is 14.8. The third-order valence-electron chi connectivity index (χ3n) is 2.43. The highest BCUT2D eigenvalue weighted by Crippen LogP contribution is 2.18. The van der Waals surface area contributed by atoms with E-state index in [0.29, 0.717) is 17.7 Å². The third-order valence-corrected chi connectivity index (χ3v) is 3.25. The van der Waals surface area contributed by atoms with Gasteiger partial charge in [0.15, 0.2) is 5.13 Å². The van der Waals surface area contributed by atoms with Crippen molar-refractivity contribution in [3.63, 3.8) is 0 Å². The minimum Gasteiger partial charge on any atom is -0.481 e. The molecule has 1 rings (SSSR count). The molecule has 0 saturated carbocycles. The lowest BCUT2D eigenvalue weighted by molar-refractivity contribution is -0.136. The van der Waals surface area contributed by atoms with Gasteiger partial charge < -0.3 is 10.4 Å². The number of anilines is 1. The van der Waals surface area contributed by atoms with E-state index in [1.165, 1.54) is 17.8 Å². The van der Waals surface area contributed by atoms with Crippen LogP contribution in [0.15, 0.2) is 5.38 Å². The predicted octanol–water partition coefficient (Wildman–Crippen LogP) is 3.01. The lowest BCUT2D eigenvalue weighted by Gasteiger charge is -2.13. The Hall–Kier alpha value is -1.10. The molecule has 0 amide bonds. The Labute approximate surface area is 106 Å². The number of nitrogens with one attached hydrogen (secondary N) is 1. The van der Waals surface area contributed by atoms with Crippen LogP contribution in [0.3, 0.4) is 0 Å². The molecule has 0 aliphatic heterocycles. The summed E-state index contributed by atoms with van der Waals surface area (Å²) in [5.41, 5.74) is 0.626. The lowest BCUT2D eigenvalue weighted by Crippen LogP contribution is -2.15. The van der Waals surface area contributed by atoms with Crippen LogP contribution in [0.1, 0.15) is 39.3 Å². The van der Waals surface area contributed by atoms with Gasteiger partial charge >= 0.3 is 5.97 Å². The van der Waals surface area contributed by atoms with Crippen LogP contribution in [0.4, 0.5) is 5.13 Å². The summed E-state index contributed by atoms with van der Waals surface area (Å²) in [7, 11) is 0. The fraction of sp³-hybridized carbons (Fsp3) is 0.667. The van der Waals surface area contributed by atoms with Crippen molar-refractivity contribution in [2.75, 3.05) is 5.32 Å². The van der Waals surface area contributed by atoms with Crippen molar-refractivity contribution in [1.82, 2.24) is 4.98 Å². The van der Waals surface area contributed by atoms with Gasteiger partial charge in [-0.15, -0.1) is 11.3 Å². The Kier molecular flexibility index (Phi) is 5.41. The minimum absolute atomic E-state index is 0.00143. The highest BCUT2D eigenvalue weighted by Gasteiger charge is 2.09. The quantitative estimate of drug-likeness (QED) is 0.787. The smallest absolute Gasteiger partial charge is 0.309 e. The van der Waals surface area contributed by atoms with E-state index in [9.17, 15) is 4.79 Å². The molecule has 0 aliphatic rings. The largest absolute Gasteiger partial charge is 0.481 e. The van der Waals surface area contributed by atoms with E-state index in [4.69, 9.17) is 5.11 Å². The van der Waals surface area contributed by atoms with E-state index in [2.05, 4.69) is 31.1 Å². The molecule has 0 fully saturated rings. The predicted molar refractivity (Wildman–Crippen MR) is 70.6 cm³/mol. The molecule has 0 aromatic carbocycles. The average Bonchev–Trinajstić information content (AvgIpc) is 2.61. The fourth-order valence-electron chi connectivity index (χ4n) is 1.48. The molecule has 17 heavy (non-hydrogen) atoms. The maximum absolute atomic E-state index is 10.5. The van der Waals surface area contributed by atoms with Crippen LogP contribution in [0.25, 0.3) is 0 Å². The standard InChI is InChI=1S/C12H20N2O2S/c1-8(2)4-5-9(3)13-12-14-10(7-17-12)6-11(15)16/h7-9H,4-6H2,1-3H3,(H,13,14)(H,15,16). The van der Waals surface area contributed by atoms with Crippen molar-refractivity contribution in [2.45, 2.75) is 46.1 Å². The Morgan fingerprint density at radius 1 is 1.47 bits per heavy atom. The molecule has 0 saturated heterocycles. The van der Waals surface area contributed by atoms with Crippen LogP contribution in [0.5, 0.6) is 0 Å². The minimum atomic E-state index is -0.838. The Morgan fingerprint density at radius 2 is 2.18 bits per heavy atom. The van der Waals surface area contributed by atoms with Crippen LogP contribution < -0.4 is 5.32 Å². The first-order valence-corrected chi connectivity index (χ1v) is 6.78. The first-order chi connectivity index (χ1) is 7.97. The van der Waals surface area contributed by atoms with Gasteiger partial charge in [0.05, 0.1) is 12.1 Å². The first-order valence-electron chi connectivity index (χ1n) is 5.90. The lowest BCUT2D eigenvalue weighted by atomic mass is 10.0. The van der Waals surface area contributed by atoms with E-state index in [1.54, 1.807) is 5.38 Å². The molecule has 1 heterocycles. The zero-order valence-corrected chi connectivity index (χ0v) is 11.4. The van der Waals surface area contributed by atoms with E-state index in [-0.39, 0.29) is 6.42 Å². The summed E-state index contributed by atoms with van der Waals surface area (Å²) in [6.07, 6.45) is 2.28. The van der Waals surface area contributed by atoms with Crippen LogP contribution in [-0.4, -0.2) is 22.1 Å². The van der Waals surface area contributed by atoms with Gasteiger partial charge in [0.2, 0.25) is 0 Å². The van der Waals surface area contributed by atoms with Crippen molar-refractivity contribution in [3.05, 3.63) is 11.1 Å². The summed E-state index contributed by atoms with van der Waals surface area (Å²) in [5.74, 6) is -0.132. The SMILES string of the molecule is CC(C)CCC(C)Nc1nc(CC(=O)O)cs1. The van der Waals surface area contributed by atoms with Gasteiger partial charge in [-0.2, -0.15) is 0 Å². The van der Waals surface area contributed by atoms with E-state index < -0.39 is 5.97 Å². The molecule has 1 unspecified atom stereocenters. The van der Waals surface area contributed by atoms with Gasteiger partial charge in [-0.05, 0) is 25.7 Å². The second-order valence-electron chi connectivity index (χ2n) is 4.73. The summed E-state index contributed by atoms with van der Waals surface area (Å²) in [6, 6.07) is 0.376. The monoisotopic (exact) mass is 256 g/mol. The van der Waals surface area contributed by atoms with Crippen molar-refractivity contribution in [1.29, 1.82) is 0 Å². The van der Waals surface area contributed by atoms with Crippen LogP contribution in [-0.2, 0) is 11.2 Å². The molecule has 5 heteroatoms. The molecule has 4 nitrogen and oxygen atoms in total. The van der Waals surface area contributed by atoms with Crippen LogP contribution >= 0.6 is 11.3 Å². The Balaban J connectivity index is 2.40.